The molecule has 0 fully saturated rings. The molecule has 202 valence electrons. The minimum Gasteiger partial charge on any atom is -0.497 e. The molecule has 0 radical (unpaired) electrons. The first kappa shape index (κ1) is 27.4. The summed E-state index contributed by atoms with van der Waals surface area (Å²) in [6.07, 6.45) is 6.75. The monoisotopic (exact) mass is 530 g/mol. The Labute approximate surface area is 225 Å². The van der Waals surface area contributed by atoms with Gasteiger partial charge in [0, 0.05) is 12.5 Å². The van der Waals surface area contributed by atoms with Crippen LogP contribution in [-0.4, -0.2) is 37.9 Å². The first-order chi connectivity index (χ1) is 18.9. The molecule has 0 unspecified atom stereocenters. The van der Waals surface area contributed by atoms with E-state index in [0.29, 0.717) is 23.1 Å². The molecule has 1 aromatic heterocycles. The van der Waals surface area contributed by atoms with Crippen LogP contribution in [0.15, 0.2) is 69.9 Å². The highest BCUT2D eigenvalue weighted by Gasteiger charge is 2.19. The third kappa shape index (κ3) is 6.65. The van der Waals surface area contributed by atoms with Gasteiger partial charge in [-0.05, 0) is 61.1 Å². The number of carboxylic acid groups (broad SMARTS) is 1. The minimum absolute atomic E-state index is 0.0915. The Morgan fingerprint density at radius 3 is 2.51 bits per heavy atom. The maximum atomic E-state index is 13.3. The molecule has 0 atom stereocenters. The molecule has 8 heteroatoms. The van der Waals surface area contributed by atoms with Crippen LogP contribution in [0.25, 0.3) is 28.0 Å². The van der Waals surface area contributed by atoms with Gasteiger partial charge in [0.05, 0.1) is 31.6 Å². The fraction of sp³-hybridized carbons (Fsp3) is 0.258. The summed E-state index contributed by atoms with van der Waals surface area (Å²) >= 11 is 0. The van der Waals surface area contributed by atoms with Crippen LogP contribution < -0.4 is 14.9 Å². The first-order valence-corrected chi connectivity index (χ1v) is 12.7. The largest absolute Gasteiger partial charge is 0.497 e. The third-order valence-corrected chi connectivity index (χ3v) is 6.34. The number of aryl methyl sites for hydroxylation is 1. The maximum Gasteiger partial charge on any atom is 0.341 e. The van der Waals surface area contributed by atoms with E-state index in [0.717, 1.165) is 30.6 Å². The molecule has 0 aliphatic heterocycles. The van der Waals surface area contributed by atoms with E-state index in [4.69, 9.17) is 23.7 Å². The molecule has 1 heterocycles. The Hall–Kier alpha value is -4.59. The van der Waals surface area contributed by atoms with Gasteiger partial charge >= 0.3 is 11.9 Å². The molecule has 0 aliphatic rings. The number of para-hydroxylation sites is 1. The van der Waals surface area contributed by atoms with Gasteiger partial charge in [-0.15, -0.1) is 0 Å². The summed E-state index contributed by atoms with van der Waals surface area (Å²) < 4.78 is 22.1. The SMILES string of the molecule is COC(=O)c1cc2c(=O)c3cccc(CCC(=O)O)c3oc2cc1OCCCC/C=C/c1ccc(OC)cc1. The summed E-state index contributed by atoms with van der Waals surface area (Å²) in [4.78, 5) is 36.8. The predicted octanol–water partition coefficient (Wildman–Crippen LogP) is 6.02. The number of hydrogen-bond acceptors (Lipinski definition) is 7. The summed E-state index contributed by atoms with van der Waals surface area (Å²) in [6.45, 7) is 0.355. The number of carboxylic acids is 1. The lowest BCUT2D eigenvalue weighted by molar-refractivity contribution is -0.136. The molecule has 0 spiro atoms. The van der Waals surface area contributed by atoms with E-state index in [1.165, 1.54) is 19.2 Å². The van der Waals surface area contributed by atoms with E-state index in [1.54, 1.807) is 25.3 Å². The van der Waals surface area contributed by atoms with Gasteiger partial charge in [0.2, 0.25) is 5.43 Å². The summed E-state index contributed by atoms with van der Waals surface area (Å²) in [7, 11) is 2.90. The van der Waals surface area contributed by atoms with Crippen molar-refractivity contribution in [2.75, 3.05) is 20.8 Å². The van der Waals surface area contributed by atoms with Gasteiger partial charge in [0.15, 0.2) is 0 Å². The fourth-order valence-electron chi connectivity index (χ4n) is 4.27. The number of carbonyl (C=O) groups is 2. The summed E-state index contributed by atoms with van der Waals surface area (Å²) in [5, 5.41) is 9.61. The Kier molecular flexibility index (Phi) is 8.99. The van der Waals surface area contributed by atoms with Crippen LogP contribution in [0.4, 0.5) is 0 Å². The number of esters is 1. The fourth-order valence-corrected chi connectivity index (χ4v) is 4.27. The third-order valence-electron chi connectivity index (χ3n) is 6.34. The van der Waals surface area contributed by atoms with Gasteiger partial charge in [-0.1, -0.05) is 36.4 Å². The number of methoxy groups -OCH3 is 2. The van der Waals surface area contributed by atoms with Gasteiger partial charge in [-0.25, -0.2) is 4.79 Å². The van der Waals surface area contributed by atoms with Crippen molar-refractivity contribution in [1.82, 2.24) is 0 Å². The summed E-state index contributed by atoms with van der Waals surface area (Å²) in [6, 6.07) is 15.8. The Morgan fingerprint density at radius 1 is 1.00 bits per heavy atom. The average molecular weight is 531 g/mol. The van der Waals surface area contributed by atoms with Crippen molar-refractivity contribution in [3.8, 4) is 11.5 Å². The van der Waals surface area contributed by atoms with Crippen molar-refractivity contribution < 1.29 is 33.3 Å². The van der Waals surface area contributed by atoms with E-state index in [2.05, 4.69) is 12.2 Å². The highest BCUT2D eigenvalue weighted by Crippen LogP contribution is 2.29. The number of rotatable bonds is 12. The number of unbranched alkanes of at least 4 members (excludes halogenated alkanes) is 2. The number of carbonyl (C=O) groups excluding carboxylic acids is 1. The zero-order valence-corrected chi connectivity index (χ0v) is 21.9. The van der Waals surface area contributed by atoms with Gasteiger partial charge in [-0.2, -0.15) is 0 Å². The van der Waals surface area contributed by atoms with Crippen molar-refractivity contribution in [3.05, 3.63) is 87.6 Å². The van der Waals surface area contributed by atoms with E-state index >= 15 is 0 Å². The van der Waals surface area contributed by atoms with E-state index < -0.39 is 11.9 Å². The molecule has 0 saturated heterocycles. The molecule has 39 heavy (non-hydrogen) atoms. The van der Waals surface area contributed by atoms with Crippen molar-refractivity contribution in [3.63, 3.8) is 0 Å². The number of aliphatic carboxylic acids is 1. The lowest BCUT2D eigenvalue weighted by Gasteiger charge is -2.12. The van der Waals surface area contributed by atoms with Crippen LogP contribution in [0, 0.1) is 0 Å². The molecular weight excluding hydrogens is 500 g/mol. The molecule has 4 aromatic rings. The number of benzene rings is 3. The van der Waals surface area contributed by atoms with Crippen molar-refractivity contribution >= 4 is 40.0 Å². The average Bonchev–Trinajstić information content (AvgIpc) is 2.95. The van der Waals surface area contributed by atoms with Gasteiger partial charge in [0.25, 0.3) is 0 Å². The van der Waals surface area contributed by atoms with Gasteiger partial charge in [0.1, 0.15) is 28.2 Å². The normalized spacial score (nSPS) is 11.2. The molecule has 0 amide bonds. The van der Waals surface area contributed by atoms with Gasteiger partial charge in [-0.3, -0.25) is 9.59 Å². The van der Waals surface area contributed by atoms with E-state index in [-0.39, 0.29) is 40.6 Å². The predicted molar refractivity (Wildman–Crippen MR) is 149 cm³/mol. The first-order valence-electron chi connectivity index (χ1n) is 12.7. The topological polar surface area (TPSA) is 112 Å². The van der Waals surface area contributed by atoms with Crippen LogP contribution in [0.1, 0.15) is 47.2 Å². The number of hydrogen-bond donors (Lipinski definition) is 1. The molecule has 3 aromatic carbocycles. The Balaban J connectivity index is 1.50. The smallest absolute Gasteiger partial charge is 0.341 e. The second-order valence-electron chi connectivity index (χ2n) is 8.97. The second kappa shape index (κ2) is 12.8. The molecular formula is C31H30O8. The number of allylic oxidation sites excluding steroid dienone is 1. The quantitative estimate of drug-likeness (QED) is 0.134. The van der Waals surface area contributed by atoms with E-state index in [9.17, 15) is 14.4 Å². The zero-order chi connectivity index (χ0) is 27.8. The lowest BCUT2D eigenvalue weighted by Crippen LogP contribution is -2.10. The zero-order valence-electron chi connectivity index (χ0n) is 21.9. The van der Waals surface area contributed by atoms with Crippen LogP contribution in [0.5, 0.6) is 11.5 Å². The van der Waals surface area contributed by atoms with Crippen molar-refractivity contribution in [2.45, 2.75) is 32.1 Å². The van der Waals surface area contributed by atoms with Crippen LogP contribution in [0.2, 0.25) is 0 Å². The molecule has 1 N–H and O–H groups in total. The highest BCUT2D eigenvalue weighted by atomic mass is 16.5. The maximum absolute atomic E-state index is 13.3. The molecule has 0 saturated carbocycles. The Morgan fingerprint density at radius 2 is 1.79 bits per heavy atom. The van der Waals surface area contributed by atoms with Crippen LogP contribution in [-0.2, 0) is 16.0 Å². The summed E-state index contributed by atoms with van der Waals surface area (Å²) in [5.74, 6) is -0.488. The van der Waals surface area contributed by atoms with Gasteiger partial charge < -0.3 is 23.7 Å². The van der Waals surface area contributed by atoms with Crippen LogP contribution in [0.3, 0.4) is 0 Å². The van der Waals surface area contributed by atoms with Crippen molar-refractivity contribution in [2.24, 2.45) is 0 Å². The second-order valence-corrected chi connectivity index (χ2v) is 8.97. The van der Waals surface area contributed by atoms with Crippen molar-refractivity contribution in [1.29, 1.82) is 0 Å². The Bertz CT molecular complexity index is 1560. The minimum atomic E-state index is -0.940. The lowest BCUT2D eigenvalue weighted by atomic mass is 10.0. The molecule has 0 aliphatic carbocycles. The number of ether oxygens (including phenoxy) is 3. The molecule has 0 bridgehead atoms. The molecule has 4 rings (SSSR count). The van der Waals surface area contributed by atoms with Crippen LogP contribution >= 0.6 is 0 Å². The highest BCUT2D eigenvalue weighted by molar-refractivity contribution is 5.99. The number of fused-ring (bicyclic) bond motifs is 2. The van der Waals surface area contributed by atoms with E-state index in [1.807, 2.05) is 24.3 Å². The summed E-state index contributed by atoms with van der Waals surface area (Å²) in [5.41, 5.74) is 2.11. The standard InChI is InChI=1S/C31H30O8/c1-36-22-14-11-20(12-15-22)8-5-3-4-6-17-38-26-19-27-24(18-25(26)31(35)37-2)29(34)23-10-7-9-21(30(23)39-27)13-16-28(32)33/h5,7-12,14-15,18-19H,3-4,6,13,16-17H2,1-2H3,(H,32,33)/b8-5+. The molecule has 8 nitrogen and oxygen atoms in total.